The zero-order valence-corrected chi connectivity index (χ0v) is 48.3. The third kappa shape index (κ3) is 16.6. The molecule has 78 heavy (non-hydrogen) atoms. The summed E-state index contributed by atoms with van der Waals surface area (Å²) in [6, 6.07) is 10.2. The zero-order chi connectivity index (χ0) is 58.1. The van der Waals surface area contributed by atoms with Crippen LogP contribution in [0.1, 0.15) is 111 Å². The molecule has 8 atom stereocenters. The van der Waals surface area contributed by atoms with Crippen LogP contribution in [0.2, 0.25) is 0 Å². The number of likely N-dealkylation sites (tertiary alicyclic amines) is 2. The average Bonchev–Trinajstić information content (AvgIpc) is 4.15. The molecule has 0 bridgehead atoms. The van der Waals surface area contributed by atoms with Crippen molar-refractivity contribution < 1.29 is 52.7 Å². The number of amides is 9. The summed E-state index contributed by atoms with van der Waals surface area (Å²) in [5, 5.41) is 8.41. The molecule has 0 unspecified atom stereocenters. The van der Waals surface area contributed by atoms with Crippen molar-refractivity contribution in [2.45, 2.75) is 162 Å². The average molecular weight is 1090 g/mol. The Bertz CT molecular complexity index is 2400. The maximum atomic E-state index is 14.8. The predicted octanol–water partition coefficient (Wildman–Crippen LogP) is 3.20. The van der Waals surface area contributed by atoms with Gasteiger partial charge in [0.15, 0.2) is 0 Å². The number of ether oxygens (including phenoxy) is 1. The van der Waals surface area contributed by atoms with E-state index in [1.165, 1.54) is 57.7 Å². The smallest absolute Gasteiger partial charge is 0.328 e. The zero-order valence-electron chi connectivity index (χ0n) is 48.3. The topological polar surface area (TPSA) is 235 Å². The molecule has 2 aliphatic rings. The summed E-state index contributed by atoms with van der Waals surface area (Å²) in [4.78, 5) is 148. The molecule has 20 heteroatoms. The fourth-order valence-corrected chi connectivity index (χ4v) is 10.4. The van der Waals surface area contributed by atoms with Crippen molar-refractivity contribution in [3.8, 4) is 0 Å². The summed E-state index contributed by atoms with van der Waals surface area (Å²) in [6.45, 7) is 14.3. The van der Waals surface area contributed by atoms with Gasteiger partial charge in [-0.3, -0.25) is 43.2 Å². The Kier molecular flexibility index (Phi) is 24.3. The van der Waals surface area contributed by atoms with Gasteiger partial charge in [-0.15, -0.1) is 0 Å². The summed E-state index contributed by atoms with van der Waals surface area (Å²) >= 11 is 0. The first-order valence-electron chi connectivity index (χ1n) is 27.6. The number of nitrogens with zero attached hydrogens (tertiary/aromatic N) is 6. The number of carbonyl (C=O) groups is 10. The summed E-state index contributed by atoms with van der Waals surface area (Å²) in [7, 11) is 7.28. The number of rotatable bonds is 26. The third-order valence-electron chi connectivity index (χ3n) is 15.1. The highest BCUT2D eigenvalue weighted by Gasteiger charge is 2.44. The monoisotopic (exact) mass is 1090 g/mol. The van der Waals surface area contributed by atoms with Crippen LogP contribution in [0.4, 0.5) is 0 Å². The van der Waals surface area contributed by atoms with Crippen molar-refractivity contribution in [3.63, 3.8) is 0 Å². The number of nitrogens with one attached hydrogen (secondary N) is 3. The maximum absolute atomic E-state index is 14.8. The minimum atomic E-state index is -1.16. The summed E-state index contributed by atoms with van der Waals surface area (Å²) < 4.78 is 4.97. The molecule has 2 aromatic carbocycles. The van der Waals surface area contributed by atoms with Crippen LogP contribution in [0.15, 0.2) is 60.7 Å². The summed E-state index contributed by atoms with van der Waals surface area (Å²) in [5.41, 5.74) is 1.53. The molecule has 2 heterocycles. The van der Waals surface area contributed by atoms with Crippen molar-refractivity contribution in [2.24, 2.45) is 17.8 Å². The van der Waals surface area contributed by atoms with Crippen LogP contribution in [0.25, 0.3) is 0 Å². The van der Waals surface area contributed by atoms with Crippen LogP contribution < -0.4 is 16.0 Å². The van der Waals surface area contributed by atoms with E-state index >= 15 is 0 Å². The third-order valence-corrected chi connectivity index (χ3v) is 15.1. The molecule has 2 saturated heterocycles. The molecule has 9 amide bonds. The number of methoxy groups -OCH3 is 1. The number of hydrogen-bond donors (Lipinski definition) is 3. The molecule has 430 valence electrons. The molecule has 0 saturated carbocycles. The summed E-state index contributed by atoms with van der Waals surface area (Å²) in [5.74, 6) is -6.17. The molecule has 0 aliphatic carbocycles. The van der Waals surface area contributed by atoms with E-state index in [0.717, 1.165) is 11.1 Å². The van der Waals surface area contributed by atoms with Gasteiger partial charge in [0.25, 0.3) is 0 Å². The summed E-state index contributed by atoms with van der Waals surface area (Å²) in [6.07, 6.45) is 3.22. The Labute approximate surface area is 461 Å². The first-order chi connectivity index (χ1) is 36.9. The second-order valence-electron chi connectivity index (χ2n) is 22.0. The molecule has 4 rings (SSSR count). The van der Waals surface area contributed by atoms with E-state index in [-0.39, 0.29) is 43.4 Å². The lowest BCUT2D eigenvalue weighted by Gasteiger charge is -2.37. The van der Waals surface area contributed by atoms with Crippen LogP contribution >= 0.6 is 0 Å². The first-order valence-corrected chi connectivity index (χ1v) is 27.6. The fourth-order valence-electron chi connectivity index (χ4n) is 10.4. The number of likely N-dealkylation sites (N-methyl/N-ethyl adjacent to an activating group) is 4. The largest absolute Gasteiger partial charge is 0.467 e. The molecule has 2 fully saturated rings. The van der Waals surface area contributed by atoms with E-state index in [4.69, 9.17) is 4.74 Å². The van der Waals surface area contributed by atoms with E-state index < -0.39 is 114 Å². The van der Waals surface area contributed by atoms with Gasteiger partial charge in [0, 0.05) is 60.5 Å². The van der Waals surface area contributed by atoms with E-state index in [9.17, 15) is 47.9 Å². The van der Waals surface area contributed by atoms with Gasteiger partial charge in [0.1, 0.15) is 48.3 Å². The molecule has 0 spiro atoms. The quantitative estimate of drug-likeness (QED) is 0.116. The van der Waals surface area contributed by atoms with Gasteiger partial charge in [0.05, 0.1) is 13.7 Å². The Morgan fingerprint density at radius 3 is 1.67 bits per heavy atom. The van der Waals surface area contributed by atoms with Gasteiger partial charge >= 0.3 is 5.97 Å². The highest BCUT2D eigenvalue weighted by atomic mass is 16.5. The van der Waals surface area contributed by atoms with Gasteiger partial charge in [0.2, 0.25) is 53.2 Å². The van der Waals surface area contributed by atoms with Gasteiger partial charge < -0.3 is 50.1 Å². The van der Waals surface area contributed by atoms with Crippen molar-refractivity contribution >= 4 is 59.1 Å². The molecule has 0 radical (unpaired) electrons. The molecule has 0 aromatic heterocycles. The van der Waals surface area contributed by atoms with Crippen molar-refractivity contribution in [1.29, 1.82) is 0 Å². The number of benzene rings is 2. The van der Waals surface area contributed by atoms with E-state index in [1.54, 1.807) is 41.7 Å². The normalized spacial score (nSPS) is 17.5. The SMILES string of the molecule is CCCC(=O)N(C)[C@@H](C)C(=O)N1CCC[C@H]1C(=O)N(C)[C@@H](Cc1ccccc1)C(=O)N[C@@H](CC(C)C)C(=O)N(C)[C@@H](C(=O)N[C@H](C(=O)NCC(=O)N(C)[C@H](Cc1ccccc1)C(=O)N1CCC[C@H]1C(=O)OC)C(C)C)C(C)C. The van der Waals surface area contributed by atoms with Crippen molar-refractivity contribution in [3.05, 3.63) is 71.8 Å². The van der Waals surface area contributed by atoms with E-state index in [1.807, 2.05) is 81.4 Å². The standard InChI is InChI=1S/C58H87N9O11/c1-14-23-47(68)62(9)39(8)54(73)66-30-21-28-43(66)56(75)64(11)45(33-40-24-17-15-18-25-40)51(70)60-42(32-36(2)3)55(74)65(12)50(38(6)7)53(72)61-49(37(4)5)52(71)59-35-48(69)63(10)46(34-41-26-19-16-20-27-41)57(76)67-31-22-29-44(67)58(77)78-13/h15-20,24-27,36-39,42-46,49-50H,14,21-23,28-35H2,1-13H3,(H,59,71)(H,60,70)(H,61,72)/t39-,42-,43-,44-,45-,46+,49-,50+/m0/s1. The molecular formula is C58H87N9O11. The predicted molar refractivity (Wildman–Crippen MR) is 295 cm³/mol. The molecule has 2 aliphatic heterocycles. The van der Waals surface area contributed by atoms with Gasteiger partial charge in [-0.25, -0.2) is 4.79 Å². The van der Waals surface area contributed by atoms with Gasteiger partial charge in [-0.2, -0.15) is 0 Å². The van der Waals surface area contributed by atoms with Crippen LogP contribution in [0.3, 0.4) is 0 Å². The van der Waals surface area contributed by atoms with Gasteiger partial charge in [-0.05, 0) is 74.3 Å². The maximum Gasteiger partial charge on any atom is 0.328 e. The van der Waals surface area contributed by atoms with Crippen LogP contribution in [-0.4, -0.2) is 192 Å². The Morgan fingerprint density at radius 1 is 0.615 bits per heavy atom. The highest BCUT2D eigenvalue weighted by molar-refractivity contribution is 5.98. The van der Waals surface area contributed by atoms with Gasteiger partial charge in [-0.1, -0.05) is 109 Å². The second-order valence-corrected chi connectivity index (χ2v) is 22.0. The number of hydrogen-bond acceptors (Lipinski definition) is 11. The lowest BCUT2D eigenvalue weighted by atomic mass is 9.96. The van der Waals surface area contributed by atoms with Crippen LogP contribution in [0.5, 0.6) is 0 Å². The van der Waals surface area contributed by atoms with E-state index in [0.29, 0.717) is 45.2 Å². The minimum Gasteiger partial charge on any atom is -0.467 e. The fraction of sp³-hybridized carbons (Fsp3) is 0.621. The first kappa shape index (κ1) is 63.7. The molecule has 3 N–H and O–H groups in total. The highest BCUT2D eigenvalue weighted by Crippen LogP contribution is 2.25. The van der Waals surface area contributed by atoms with Crippen molar-refractivity contribution in [1.82, 2.24) is 45.3 Å². The number of carbonyl (C=O) groups excluding carboxylic acids is 10. The Hall–Kier alpha value is -6.86. The lowest BCUT2D eigenvalue weighted by Crippen LogP contribution is -2.61. The van der Waals surface area contributed by atoms with E-state index in [2.05, 4.69) is 16.0 Å². The second kappa shape index (κ2) is 29.8. The van der Waals surface area contributed by atoms with Crippen LogP contribution in [0, 0.1) is 17.8 Å². The Morgan fingerprint density at radius 2 is 1.15 bits per heavy atom. The van der Waals surface area contributed by atoms with Crippen molar-refractivity contribution in [2.75, 3.05) is 54.9 Å². The van der Waals surface area contributed by atoms with Crippen LogP contribution in [-0.2, 0) is 65.5 Å². The lowest BCUT2D eigenvalue weighted by molar-refractivity contribution is -0.154. The minimum absolute atomic E-state index is 0.0820. The molecule has 2 aromatic rings. The molecule has 20 nitrogen and oxygen atoms in total. The Balaban J connectivity index is 1.52. The molecular weight excluding hydrogens is 999 g/mol. The number of esters is 1.